The molecule has 2 atom stereocenters. The molecule has 0 amide bonds. The van der Waals surface area contributed by atoms with Crippen LogP contribution in [0.25, 0.3) is 10.9 Å². The van der Waals surface area contributed by atoms with Crippen molar-refractivity contribution in [1.82, 2.24) is 9.47 Å². The molecule has 6 nitrogen and oxygen atoms in total. The molecule has 3 heterocycles. The summed E-state index contributed by atoms with van der Waals surface area (Å²) in [4.78, 5) is 28.6. The predicted molar refractivity (Wildman–Crippen MR) is 107 cm³/mol. The van der Waals surface area contributed by atoms with E-state index in [0.29, 0.717) is 11.2 Å². The summed E-state index contributed by atoms with van der Waals surface area (Å²) in [7, 11) is 0. The molecule has 28 heavy (non-hydrogen) atoms. The molecule has 2 bridgehead atoms. The third-order valence-electron chi connectivity index (χ3n) is 6.38. The molecule has 0 radical (unpaired) electrons. The van der Waals surface area contributed by atoms with Crippen LogP contribution in [0.1, 0.15) is 42.6 Å². The summed E-state index contributed by atoms with van der Waals surface area (Å²) >= 11 is 0. The van der Waals surface area contributed by atoms with Gasteiger partial charge in [0.05, 0.1) is 16.7 Å². The van der Waals surface area contributed by atoms with Crippen molar-refractivity contribution in [2.75, 3.05) is 31.1 Å². The van der Waals surface area contributed by atoms with Gasteiger partial charge in [0, 0.05) is 43.8 Å². The maximum Gasteiger partial charge on any atom is 0.341 e. The van der Waals surface area contributed by atoms with Gasteiger partial charge in [-0.3, -0.25) is 9.69 Å². The maximum atomic E-state index is 15.1. The molecule has 2 saturated heterocycles. The van der Waals surface area contributed by atoms with Crippen LogP contribution in [0.4, 0.5) is 10.1 Å². The zero-order valence-electron chi connectivity index (χ0n) is 15.7. The number of piperazine rings is 1. The third-order valence-corrected chi connectivity index (χ3v) is 6.38. The molecule has 3 fully saturated rings. The van der Waals surface area contributed by atoms with Gasteiger partial charge in [-0.1, -0.05) is 0 Å². The molecule has 5 rings (SSSR count). The van der Waals surface area contributed by atoms with Crippen molar-refractivity contribution in [2.24, 2.45) is 0 Å². The summed E-state index contributed by atoms with van der Waals surface area (Å²) in [5.74, 6) is -1.72. The Morgan fingerprint density at radius 3 is 2.68 bits per heavy atom. The molecule has 3 aliphatic rings. The number of aromatic carboxylic acids is 1. The predicted octanol–water partition coefficient (Wildman–Crippen LogP) is 2.88. The first-order valence-electron chi connectivity index (χ1n) is 9.49. The molecule has 150 valence electrons. The number of anilines is 1. The molecule has 2 unspecified atom stereocenters. The van der Waals surface area contributed by atoms with E-state index < -0.39 is 17.2 Å². The van der Waals surface area contributed by atoms with Gasteiger partial charge in [-0.2, -0.15) is 0 Å². The molecule has 1 saturated carbocycles. The van der Waals surface area contributed by atoms with Gasteiger partial charge in [0.1, 0.15) is 11.4 Å². The van der Waals surface area contributed by atoms with Crippen LogP contribution in [0, 0.1) is 5.82 Å². The topological polar surface area (TPSA) is 65.8 Å². The molecular formula is C20H23ClFN3O3. The van der Waals surface area contributed by atoms with Crippen LogP contribution >= 0.6 is 12.4 Å². The van der Waals surface area contributed by atoms with Crippen molar-refractivity contribution in [2.45, 2.75) is 37.8 Å². The van der Waals surface area contributed by atoms with Crippen molar-refractivity contribution < 1.29 is 14.3 Å². The number of rotatable bonds is 3. The number of hydrogen-bond donors (Lipinski definition) is 1. The van der Waals surface area contributed by atoms with Gasteiger partial charge in [-0.25, -0.2) is 9.18 Å². The highest BCUT2D eigenvalue weighted by Crippen LogP contribution is 2.40. The number of aromatic nitrogens is 1. The highest BCUT2D eigenvalue weighted by Gasteiger charge is 2.43. The fourth-order valence-electron chi connectivity index (χ4n) is 4.75. The molecule has 2 aliphatic heterocycles. The largest absolute Gasteiger partial charge is 0.477 e. The van der Waals surface area contributed by atoms with E-state index in [2.05, 4.69) is 16.7 Å². The molecular weight excluding hydrogens is 385 g/mol. The zero-order valence-corrected chi connectivity index (χ0v) is 16.5. The van der Waals surface area contributed by atoms with E-state index in [9.17, 15) is 14.7 Å². The average molecular weight is 408 g/mol. The van der Waals surface area contributed by atoms with Crippen LogP contribution in [-0.4, -0.2) is 52.3 Å². The minimum atomic E-state index is -1.27. The number of fused-ring (bicyclic) bond motifs is 3. The number of benzene rings is 1. The Bertz CT molecular complexity index is 1040. The Labute approximate surface area is 167 Å². The van der Waals surface area contributed by atoms with Gasteiger partial charge in [-0.05, 0) is 38.3 Å². The van der Waals surface area contributed by atoms with Crippen LogP contribution in [0.15, 0.2) is 23.1 Å². The zero-order chi connectivity index (χ0) is 18.9. The first-order chi connectivity index (χ1) is 12.9. The summed E-state index contributed by atoms with van der Waals surface area (Å²) in [6, 6.07) is 3.18. The molecule has 2 aromatic rings. The van der Waals surface area contributed by atoms with E-state index in [4.69, 9.17) is 0 Å². The summed E-state index contributed by atoms with van der Waals surface area (Å²) in [6.07, 6.45) is 4.31. The lowest BCUT2D eigenvalue weighted by Crippen LogP contribution is -2.55. The van der Waals surface area contributed by atoms with Crippen molar-refractivity contribution in [3.8, 4) is 0 Å². The Kier molecular flexibility index (Phi) is 4.43. The number of carboxylic acids is 1. The lowest BCUT2D eigenvalue weighted by atomic mass is 9.96. The number of carbonyl (C=O) groups is 1. The summed E-state index contributed by atoms with van der Waals surface area (Å²) in [5.41, 5.74) is 0.129. The quantitative estimate of drug-likeness (QED) is 0.847. The van der Waals surface area contributed by atoms with E-state index >= 15 is 4.39 Å². The highest BCUT2D eigenvalue weighted by atomic mass is 35.5. The molecule has 1 aliphatic carbocycles. The number of carboxylic acid groups (broad SMARTS) is 1. The maximum absolute atomic E-state index is 15.1. The minimum Gasteiger partial charge on any atom is -0.477 e. The molecule has 8 heteroatoms. The van der Waals surface area contributed by atoms with Crippen LogP contribution in [0.5, 0.6) is 0 Å². The van der Waals surface area contributed by atoms with E-state index in [-0.39, 0.29) is 34.9 Å². The third kappa shape index (κ3) is 2.79. The van der Waals surface area contributed by atoms with Crippen molar-refractivity contribution in [3.63, 3.8) is 0 Å². The van der Waals surface area contributed by atoms with Crippen LogP contribution in [0.2, 0.25) is 0 Å². The molecule has 1 aromatic heterocycles. The van der Waals surface area contributed by atoms with Gasteiger partial charge in [0.2, 0.25) is 5.43 Å². The Morgan fingerprint density at radius 2 is 2.00 bits per heavy atom. The van der Waals surface area contributed by atoms with Crippen LogP contribution < -0.4 is 10.3 Å². The van der Waals surface area contributed by atoms with E-state index in [1.807, 2.05) is 4.57 Å². The lowest BCUT2D eigenvalue weighted by molar-refractivity contribution is 0.0695. The average Bonchev–Trinajstić information content (AvgIpc) is 3.41. The Balaban J connectivity index is 0.00000192. The van der Waals surface area contributed by atoms with E-state index in [1.165, 1.54) is 12.3 Å². The summed E-state index contributed by atoms with van der Waals surface area (Å²) < 4.78 is 17.0. The number of halogens is 2. The Morgan fingerprint density at radius 1 is 1.25 bits per heavy atom. The van der Waals surface area contributed by atoms with Gasteiger partial charge < -0.3 is 14.6 Å². The standard InChI is InChI=1S/C20H22FN3O3.ClH/c1-20-4-5-22(11-20)6-7-24(20)17-9-16-13(8-15(17)21)18(25)14(19(26)27)10-23(16)12-2-3-12;/h8-10,12H,2-7,11H2,1H3,(H,26,27);1H. The van der Waals surface area contributed by atoms with E-state index in [1.54, 1.807) is 6.07 Å². The van der Waals surface area contributed by atoms with Crippen molar-refractivity contribution in [1.29, 1.82) is 0 Å². The number of hydrogen-bond acceptors (Lipinski definition) is 4. The van der Waals surface area contributed by atoms with Gasteiger partial charge in [-0.15, -0.1) is 12.4 Å². The monoisotopic (exact) mass is 407 g/mol. The minimum absolute atomic E-state index is 0. The fraction of sp³-hybridized carbons (Fsp3) is 0.500. The normalized spacial score (nSPS) is 26.4. The first-order valence-corrected chi connectivity index (χ1v) is 9.49. The second kappa shape index (κ2) is 6.46. The van der Waals surface area contributed by atoms with Crippen LogP contribution in [0.3, 0.4) is 0 Å². The second-order valence-electron chi connectivity index (χ2n) is 8.31. The first kappa shape index (κ1) is 19.2. The van der Waals surface area contributed by atoms with Gasteiger partial charge in [0.25, 0.3) is 0 Å². The van der Waals surface area contributed by atoms with Gasteiger partial charge >= 0.3 is 5.97 Å². The number of nitrogens with zero attached hydrogens (tertiary/aromatic N) is 3. The SMILES string of the molecule is CC12CCN(CCN1c1cc3c(cc1F)c(=O)c(C(=O)O)cn3C1CC1)C2.Cl. The smallest absolute Gasteiger partial charge is 0.341 e. The summed E-state index contributed by atoms with van der Waals surface area (Å²) in [6.45, 7) is 5.76. The second-order valence-corrected chi connectivity index (χ2v) is 8.31. The number of pyridine rings is 1. The molecule has 1 N–H and O–H groups in total. The van der Waals surface area contributed by atoms with Gasteiger partial charge in [0.15, 0.2) is 0 Å². The van der Waals surface area contributed by atoms with Crippen molar-refractivity contribution >= 4 is 35.0 Å². The van der Waals surface area contributed by atoms with Crippen LogP contribution in [-0.2, 0) is 0 Å². The van der Waals surface area contributed by atoms with E-state index in [0.717, 1.165) is 45.4 Å². The molecule has 0 spiro atoms. The fourth-order valence-corrected chi connectivity index (χ4v) is 4.75. The van der Waals surface area contributed by atoms with Crippen molar-refractivity contribution in [3.05, 3.63) is 39.9 Å². The highest BCUT2D eigenvalue weighted by molar-refractivity contribution is 5.93. The molecule has 1 aromatic carbocycles. The lowest BCUT2D eigenvalue weighted by Gasteiger charge is -2.44. The summed E-state index contributed by atoms with van der Waals surface area (Å²) in [5, 5.41) is 9.52. The Hall–Kier alpha value is -2.12.